The molecule has 0 aliphatic carbocycles. The van der Waals surface area contributed by atoms with Crippen LogP contribution in [0.2, 0.25) is 0 Å². The van der Waals surface area contributed by atoms with Crippen LogP contribution in [0.5, 0.6) is 0 Å². The van der Waals surface area contributed by atoms with E-state index >= 15 is 0 Å². The van der Waals surface area contributed by atoms with Crippen LogP contribution in [-0.4, -0.2) is 94.0 Å². The summed E-state index contributed by atoms with van der Waals surface area (Å²) >= 11 is 0. The molecule has 3 atom stereocenters. The molecule has 1 unspecified atom stereocenters. The van der Waals surface area contributed by atoms with Gasteiger partial charge >= 0.3 is 12.1 Å². The van der Waals surface area contributed by atoms with Gasteiger partial charge in [-0.15, -0.1) is 0 Å². The second-order valence-electron chi connectivity index (χ2n) is 13.1. The normalized spacial score (nSPS) is 21.0. The molecule has 0 aromatic heterocycles. The molecule has 3 aromatic carbocycles. The Morgan fingerprint density at radius 1 is 0.660 bits per heavy atom. The van der Waals surface area contributed by atoms with Gasteiger partial charge in [0.15, 0.2) is 0 Å². The summed E-state index contributed by atoms with van der Waals surface area (Å²) in [6.45, 7) is 2.33. The monoisotopic (exact) mass is 692 g/mol. The third-order valence-corrected chi connectivity index (χ3v) is 9.91. The molecule has 12 heteroatoms. The minimum Gasteiger partial charge on any atom is -0.475 e. The Bertz CT molecular complexity index is 1530. The van der Waals surface area contributed by atoms with Gasteiger partial charge in [-0.1, -0.05) is 91.0 Å². The zero-order valence-electron chi connectivity index (χ0n) is 27.8. The lowest BCUT2D eigenvalue weighted by molar-refractivity contribution is -0.192. The minimum absolute atomic E-state index is 0.00752. The number of hydrogen-bond donors (Lipinski definition) is 2. The van der Waals surface area contributed by atoms with Crippen molar-refractivity contribution in [2.45, 2.75) is 74.7 Å². The second-order valence-corrected chi connectivity index (χ2v) is 13.1. The molecule has 9 nitrogen and oxygen atoms in total. The molecule has 3 amide bonds. The SMILES string of the molecule is NC1CCCN(C(=O)[C@H]2CCCN2C(=O)[C@@H]2CCCN2C(=O)CC(c2ccccc2)(c2ccccc2)c2ccccc2)C1.O=C(O)C(F)(F)F. The van der Waals surface area contributed by atoms with Crippen molar-refractivity contribution in [3.63, 3.8) is 0 Å². The number of halogens is 3. The first-order valence-electron chi connectivity index (χ1n) is 17.0. The van der Waals surface area contributed by atoms with Gasteiger partial charge in [-0.2, -0.15) is 13.2 Å². The molecule has 3 saturated heterocycles. The van der Waals surface area contributed by atoms with Crippen molar-refractivity contribution in [2.75, 3.05) is 26.2 Å². The van der Waals surface area contributed by atoms with Crippen LogP contribution in [0.1, 0.15) is 61.6 Å². The molecule has 0 spiro atoms. The topological polar surface area (TPSA) is 124 Å². The van der Waals surface area contributed by atoms with Gasteiger partial charge < -0.3 is 25.5 Å². The zero-order valence-corrected chi connectivity index (χ0v) is 27.8. The number of benzene rings is 3. The third kappa shape index (κ3) is 8.01. The van der Waals surface area contributed by atoms with E-state index in [9.17, 15) is 27.6 Å². The van der Waals surface area contributed by atoms with Gasteiger partial charge in [-0.25, -0.2) is 4.79 Å². The Kier molecular flexibility index (Phi) is 11.6. The van der Waals surface area contributed by atoms with Crippen molar-refractivity contribution in [1.82, 2.24) is 14.7 Å². The summed E-state index contributed by atoms with van der Waals surface area (Å²) in [5.41, 5.74) is 8.54. The van der Waals surface area contributed by atoms with E-state index in [-0.39, 0.29) is 30.2 Å². The summed E-state index contributed by atoms with van der Waals surface area (Å²) in [5.74, 6) is -2.88. The lowest BCUT2D eigenvalue weighted by Crippen LogP contribution is -2.56. The van der Waals surface area contributed by atoms with Crippen LogP contribution < -0.4 is 5.73 Å². The van der Waals surface area contributed by atoms with Crippen molar-refractivity contribution in [1.29, 1.82) is 0 Å². The Morgan fingerprint density at radius 3 is 1.52 bits per heavy atom. The number of carboxylic acid groups (broad SMARTS) is 1. The van der Waals surface area contributed by atoms with Crippen molar-refractivity contribution in [3.05, 3.63) is 108 Å². The van der Waals surface area contributed by atoms with Crippen molar-refractivity contribution < 1.29 is 37.5 Å². The molecule has 0 saturated carbocycles. The van der Waals surface area contributed by atoms with Gasteiger partial charge in [0, 0.05) is 38.6 Å². The standard InChI is InChI=1S/C36H42N4O3.C2HF3O2/c37-30-19-10-22-38(26-30)34(42)31-20-12-24-40(31)35(43)32-21-11-23-39(32)33(41)25-36(27-13-4-1-5-14-27,28-15-6-2-7-16-28)29-17-8-3-9-18-29;3-2(4,5)1(6)7/h1-9,13-18,30-32H,10-12,19-26,37H2;(H,6,7)/t30?,31-,32+;/m1./s1. The van der Waals surface area contributed by atoms with Crippen LogP contribution in [0.25, 0.3) is 0 Å². The van der Waals surface area contributed by atoms with E-state index in [0.717, 1.165) is 42.4 Å². The number of carbonyl (C=O) groups is 4. The van der Waals surface area contributed by atoms with Gasteiger partial charge in [-0.05, 0) is 55.2 Å². The molecule has 50 heavy (non-hydrogen) atoms. The highest BCUT2D eigenvalue weighted by atomic mass is 19.4. The van der Waals surface area contributed by atoms with Crippen LogP contribution in [0.15, 0.2) is 91.0 Å². The summed E-state index contributed by atoms with van der Waals surface area (Å²) in [4.78, 5) is 56.5. The number of carboxylic acids is 1. The number of nitrogens with two attached hydrogens (primary N) is 1. The van der Waals surface area contributed by atoms with E-state index in [0.29, 0.717) is 39.0 Å². The third-order valence-electron chi connectivity index (χ3n) is 9.91. The van der Waals surface area contributed by atoms with E-state index in [4.69, 9.17) is 15.6 Å². The fourth-order valence-electron chi connectivity index (χ4n) is 7.52. The molecule has 0 radical (unpaired) electrons. The molecule has 0 bridgehead atoms. The fraction of sp³-hybridized carbons (Fsp3) is 0.421. The average molecular weight is 693 g/mol. The van der Waals surface area contributed by atoms with Crippen molar-refractivity contribution >= 4 is 23.7 Å². The number of amides is 3. The van der Waals surface area contributed by atoms with Crippen LogP contribution in [0.4, 0.5) is 13.2 Å². The van der Waals surface area contributed by atoms with Crippen LogP contribution in [0, 0.1) is 0 Å². The van der Waals surface area contributed by atoms with Gasteiger partial charge in [0.25, 0.3) is 0 Å². The van der Waals surface area contributed by atoms with Crippen molar-refractivity contribution in [3.8, 4) is 0 Å². The Hall–Kier alpha value is -4.71. The number of aliphatic carboxylic acids is 1. The van der Waals surface area contributed by atoms with E-state index in [1.165, 1.54) is 0 Å². The number of carbonyl (C=O) groups excluding carboxylic acids is 3. The first-order chi connectivity index (χ1) is 23.9. The maximum absolute atomic E-state index is 14.5. The lowest BCUT2D eigenvalue weighted by atomic mass is 9.67. The zero-order chi connectivity index (χ0) is 35.9. The highest BCUT2D eigenvalue weighted by Gasteiger charge is 2.46. The molecule has 3 aromatic rings. The molecule has 3 heterocycles. The molecule has 3 fully saturated rings. The lowest BCUT2D eigenvalue weighted by Gasteiger charge is -2.38. The van der Waals surface area contributed by atoms with Crippen LogP contribution in [0.3, 0.4) is 0 Å². The summed E-state index contributed by atoms with van der Waals surface area (Å²) in [6, 6.07) is 29.6. The van der Waals surface area contributed by atoms with Gasteiger partial charge in [-0.3, -0.25) is 14.4 Å². The molecule has 3 aliphatic rings. The number of hydrogen-bond acceptors (Lipinski definition) is 5. The fourth-order valence-corrected chi connectivity index (χ4v) is 7.52. The highest BCUT2D eigenvalue weighted by molar-refractivity contribution is 5.93. The minimum atomic E-state index is -5.08. The molecule has 266 valence electrons. The number of nitrogens with zero attached hydrogens (tertiary/aromatic N) is 3. The van der Waals surface area contributed by atoms with E-state index < -0.39 is 29.6 Å². The average Bonchev–Trinajstić information content (AvgIpc) is 3.82. The second kappa shape index (κ2) is 15.9. The first-order valence-corrected chi connectivity index (χ1v) is 17.0. The Balaban J connectivity index is 0.000000630. The van der Waals surface area contributed by atoms with Gasteiger partial charge in [0.1, 0.15) is 12.1 Å². The predicted molar refractivity (Wildman–Crippen MR) is 181 cm³/mol. The van der Waals surface area contributed by atoms with E-state index in [1.54, 1.807) is 9.80 Å². The molecule has 6 rings (SSSR count). The Labute approximate surface area is 289 Å². The number of alkyl halides is 3. The quantitative estimate of drug-likeness (QED) is 0.337. The molecule has 3 N–H and O–H groups in total. The molecule has 3 aliphatic heterocycles. The molecular weight excluding hydrogens is 649 g/mol. The number of rotatable bonds is 7. The first kappa shape index (κ1) is 36.6. The summed E-state index contributed by atoms with van der Waals surface area (Å²) in [7, 11) is 0. The number of piperidine rings is 1. The maximum atomic E-state index is 14.5. The van der Waals surface area contributed by atoms with Gasteiger partial charge in [0.2, 0.25) is 17.7 Å². The van der Waals surface area contributed by atoms with E-state index in [1.807, 2.05) is 59.5 Å². The van der Waals surface area contributed by atoms with Crippen LogP contribution in [-0.2, 0) is 24.6 Å². The Morgan fingerprint density at radius 2 is 1.08 bits per heavy atom. The van der Waals surface area contributed by atoms with Gasteiger partial charge in [0.05, 0.1) is 5.41 Å². The maximum Gasteiger partial charge on any atom is 0.490 e. The summed E-state index contributed by atoms with van der Waals surface area (Å²) in [5, 5.41) is 7.12. The summed E-state index contributed by atoms with van der Waals surface area (Å²) in [6.07, 6.45) is -0.228. The predicted octanol–water partition coefficient (Wildman–Crippen LogP) is 4.98. The smallest absolute Gasteiger partial charge is 0.475 e. The largest absolute Gasteiger partial charge is 0.490 e. The molecular formula is C38H43F3N4O5. The summed E-state index contributed by atoms with van der Waals surface area (Å²) < 4.78 is 31.7. The number of likely N-dealkylation sites (tertiary alicyclic amines) is 3. The van der Waals surface area contributed by atoms with Crippen molar-refractivity contribution in [2.24, 2.45) is 5.73 Å². The van der Waals surface area contributed by atoms with Crippen LogP contribution >= 0.6 is 0 Å². The highest BCUT2D eigenvalue weighted by Crippen LogP contribution is 2.43. The van der Waals surface area contributed by atoms with E-state index in [2.05, 4.69) is 36.4 Å².